The minimum atomic E-state index is -0.581. The van der Waals surface area contributed by atoms with Crippen molar-refractivity contribution in [3.63, 3.8) is 0 Å². The van der Waals surface area contributed by atoms with Crippen LogP contribution in [0.2, 0.25) is 0 Å². The average molecular weight is 412 g/mol. The normalized spacial score (nSPS) is 13.6. The van der Waals surface area contributed by atoms with Crippen molar-refractivity contribution in [1.82, 2.24) is 9.78 Å². The number of carbonyl (C=O) groups excluding carboxylic acids is 3. The Hall–Kier alpha value is -2.96. The summed E-state index contributed by atoms with van der Waals surface area (Å²) in [6.07, 6.45) is 2.73. The van der Waals surface area contributed by atoms with Crippen molar-refractivity contribution >= 4 is 17.7 Å². The van der Waals surface area contributed by atoms with Crippen molar-refractivity contribution in [2.45, 2.75) is 59.4 Å². The Morgan fingerprint density at radius 2 is 1.70 bits per heavy atom. The Labute approximate surface area is 176 Å². The highest BCUT2D eigenvalue weighted by molar-refractivity contribution is 5.99. The average Bonchev–Trinajstić information content (AvgIpc) is 3.01. The zero-order valence-electron chi connectivity index (χ0n) is 18.0. The summed E-state index contributed by atoms with van der Waals surface area (Å²) in [6.45, 7) is 7.58. The number of Topliss-reactive ketones (excluding diaryl/α,β-unsaturated/α-hetero) is 1. The van der Waals surface area contributed by atoms with Crippen LogP contribution in [-0.2, 0) is 16.0 Å². The van der Waals surface area contributed by atoms with Gasteiger partial charge in [-0.15, -0.1) is 0 Å². The Morgan fingerprint density at radius 3 is 2.27 bits per heavy atom. The van der Waals surface area contributed by atoms with Gasteiger partial charge in [0.25, 0.3) is 0 Å². The molecule has 1 heterocycles. The molecule has 1 saturated carbocycles. The van der Waals surface area contributed by atoms with E-state index in [1.807, 2.05) is 26.0 Å². The Kier molecular flexibility index (Phi) is 6.70. The molecule has 1 aromatic carbocycles. The molecule has 3 rings (SSSR count). The number of hydrogen-bond donors (Lipinski definition) is 0. The number of ketones is 1. The maximum Gasteiger partial charge on any atom is 0.359 e. The summed E-state index contributed by atoms with van der Waals surface area (Å²) in [7, 11) is 0. The summed E-state index contributed by atoms with van der Waals surface area (Å²) in [4.78, 5) is 38.3. The van der Waals surface area contributed by atoms with Crippen molar-refractivity contribution in [3.8, 4) is 0 Å². The van der Waals surface area contributed by atoms with Gasteiger partial charge < -0.3 is 9.47 Å². The van der Waals surface area contributed by atoms with Crippen LogP contribution in [0, 0.1) is 13.8 Å². The van der Waals surface area contributed by atoms with Crippen LogP contribution in [0.25, 0.3) is 0 Å². The number of ether oxygens (including phenoxy) is 2. The zero-order chi connectivity index (χ0) is 21.8. The fourth-order valence-corrected chi connectivity index (χ4v) is 3.58. The fourth-order valence-electron chi connectivity index (χ4n) is 3.58. The lowest BCUT2D eigenvalue weighted by atomic mass is 9.78. The second-order valence-electron chi connectivity index (χ2n) is 7.56. The third kappa shape index (κ3) is 4.30. The van der Waals surface area contributed by atoms with Crippen LogP contribution < -0.4 is 0 Å². The molecule has 0 saturated heterocycles. The van der Waals surface area contributed by atoms with Crippen LogP contribution in [0.1, 0.15) is 87.1 Å². The molecule has 0 aliphatic heterocycles. The summed E-state index contributed by atoms with van der Waals surface area (Å²) in [6, 6.07) is 5.48. The van der Waals surface area contributed by atoms with Crippen LogP contribution in [0.5, 0.6) is 0 Å². The van der Waals surface area contributed by atoms with Gasteiger partial charge in [-0.3, -0.25) is 4.79 Å². The molecule has 2 aromatic rings. The third-order valence-corrected chi connectivity index (χ3v) is 5.56. The minimum absolute atomic E-state index is 0.0364. The van der Waals surface area contributed by atoms with Gasteiger partial charge in [0.05, 0.1) is 13.2 Å². The van der Waals surface area contributed by atoms with Gasteiger partial charge in [-0.1, -0.05) is 18.6 Å². The molecule has 7 nitrogen and oxygen atoms in total. The van der Waals surface area contributed by atoms with Crippen molar-refractivity contribution in [3.05, 3.63) is 51.8 Å². The molecule has 0 atom stereocenters. The maximum absolute atomic E-state index is 13.0. The van der Waals surface area contributed by atoms with Crippen LogP contribution in [-0.4, -0.2) is 40.7 Å². The summed E-state index contributed by atoms with van der Waals surface area (Å²) in [5.41, 5.74) is 3.47. The summed E-state index contributed by atoms with van der Waals surface area (Å²) in [5.74, 6) is -1.31. The van der Waals surface area contributed by atoms with Crippen molar-refractivity contribution < 1.29 is 23.9 Å². The van der Waals surface area contributed by atoms with E-state index in [9.17, 15) is 14.4 Å². The molecule has 1 aliphatic rings. The first-order valence-electron chi connectivity index (χ1n) is 10.4. The van der Waals surface area contributed by atoms with Gasteiger partial charge in [0.2, 0.25) is 0 Å². The number of aromatic nitrogens is 2. The van der Waals surface area contributed by atoms with E-state index in [4.69, 9.17) is 9.47 Å². The lowest BCUT2D eigenvalue weighted by Gasteiger charge is -2.26. The number of hydrogen-bond acceptors (Lipinski definition) is 6. The number of carbonyl (C=O) groups is 3. The van der Waals surface area contributed by atoms with E-state index < -0.39 is 11.9 Å². The quantitative estimate of drug-likeness (QED) is 0.481. The van der Waals surface area contributed by atoms with E-state index in [1.165, 1.54) is 4.68 Å². The standard InChI is InChI=1S/C23H28N2O5/c1-5-29-22(27)20-19(16-8-7-9-16)21(23(28)30-6-2)25(24-20)13-18(26)17-11-10-14(3)15(4)12-17/h10-12,16H,5-9,13H2,1-4H3. The molecule has 0 unspecified atom stereocenters. The molecule has 0 spiro atoms. The Morgan fingerprint density at radius 1 is 1.03 bits per heavy atom. The third-order valence-electron chi connectivity index (χ3n) is 5.56. The lowest BCUT2D eigenvalue weighted by molar-refractivity contribution is 0.0505. The number of aryl methyl sites for hydroxylation is 2. The molecule has 0 bridgehead atoms. The molecular weight excluding hydrogens is 384 g/mol. The van der Waals surface area contributed by atoms with Gasteiger partial charge in [0, 0.05) is 11.1 Å². The lowest BCUT2D eigenvalue weighted by Crippen LogP contribution is -2.21. The van der Waals surface area contributed by atoms with Gasteiger partial charge in [0.15, 0.2) is 17.2 Å². The molecule has 30 heavy (non-hydrogen) atoms. The number of benzene rings is 1. The number of nitrogens with zero attached hydrogens (tertiary/aromatic N) is 2. The second-order valence-corrected chi connectivity index (χ2v) is 7.56. The van der Waals surface area contributed by atoms with Crippen molar-refractivity contribution in [2.24, 2.45) is 0 Å². The van der Waals surface area contributed by atoms with E-state index in [1.54, 1.807) is 19.9 Å². The van der Waals surface area contributed by atoms with Crippen molar-refractivity contribution in [2.75, 3.05) is 13.2 Å². The highest BCUT2D eigenvalue weighted by Crippen LogP contribution is 2.40. The predicted molar refractivity (Wildman–Crippen MR) is 111 cm³/mol. The summed E-state index contributed by atoms with van der Waals surface area (Å²) < 4.78 is 11.7. The molecule has 1 fully saturated rings. The number of esters is 2. The van der Waals surface area contributed by atoms with Crippen LogP contribution in [0.15, 0.2) is 18.2 Å². The molecule has 1 aromatic heterocycles. The Bertz CT molecular complexity index is 972. The van der Waals surface area contributed by atoms with E-state index >= 15 is 0 Å². The first-order chi connectivity index (χ1) is 14.4. The van der Waals surface area contributed by atoms with Gasteiger partial charge in [-0.05, 0) is 63.6 Å². The summed E-state index contributed by atoms with van der Waals surface area (Å²) >= 11 is 0. The van der Waals surface area contributed by atoms with Crippen LogP contribution >= 0.6 is 0 Å². The highest BCUT2D eigenvalue weighted by atomic mass is 16.5. The Balaban J connectivity index is 2.05. The zero-order valence-corrected chi connectivity index (χ0v) is 18.0. The smallest absolute Gasteiger partial charge is 0.359 e. The SMILES string of the molecule is CCOC(=O)c1nn(CC(=O)c2ccc(C)c(C)c2)c(C(=O)OCC)c1C1CCC1. The minimum Gasteiger partial charge on any atom is -0.461 e. The second kappa shape index (κ2) is 9.24. The monoisotopic (exact) mass is 412 g/mol. The topological polar surface area (TPSA) is 87.5 Å². The van der Waals surface area contributed by atoms with Crippen LogP contribution in [0.4, 0.5) is 0 Å². The highest BCUT2D eigenvalue weighted by Gasteiger charge is 2.36. The number of rotatable bonds is 8. The first-order valence-corrected chi connectivity index (χ1v) is 10.4. The molecule has 0 amide bonds. The molecular formula is C23H28N2O5. The molecule has 1 aliphatic carbocycles. The fraction of sp³-hybridized carbons (Fsp3) is 0.478. The van der Waals surface area contributed by atoms with Gasteiger partial charge in [-0.25, -0.2) is 14.3 Å². The predicted octanol–water partition coefficient (Wildman–Crippen LogP) is 4.00. The molecule has 0 N–H and O–H groups in total. The van der Waals surface area contributed by atoms with Crippen molar-refractivity contribution in [1.29, 1.82) is 0 Å². The maximum atomic E-state index is 13.0. The van der Waals surface area contributed by atoms with Gasteiger partial charge >= 0.3 is 11.9 Å². The molecule has 0 radical (unpaired) electrons. The van der Waals surface area contributed by atoms with E-state index in [2.05, 4.69) is 5.10 Å². The van der Waals surface area contributed by atoms with E-state index in [-0.39, 0.29) is 42.8 Å². The van der Waals surface area contributed by atoms with Gasteiger partial charge in [0.1, 0.15) is 6.54 Å². The van der Waals surface area contributed by atoms with Gasteiger partial charge in [-0.2, -0.15) is 5.10 Å². The van der Waals surface area contributed by atoms with E-state index in [0.29, 0.717) is 11.1 Å². The molecule has 160 valence electrons. The molecule has 7 heteroatoms. The first kappa shape index (κ1) is 21.7. The van der Waals surface area contributed by atoms with Crippen LogP contribution in [0.3, 0.4) is 0 Å². The largest absolute Gasteiger partial charge is 0.461 e. The summed E-state index contributed by atoms with van der Waals surface area (Å²) in [5, 5.41) is 4.36. The van der Waals surface area contributed by atoms with E-state index in [0.717, 1.165) is 30.4 Å².